The number of anilines is 5. The molecule has 3 aromatic rings. The van der Waals surface area contributed by atoms with Gasteiger partial charge in [0.15, 0.2) is 11.6 Å². The Balaban J connectivity index is 1.44. The van der Waals surface area contributed by atoms with Crippen molar-refractivity contribution in [3.8, 4) is 0 Å². The van der Waals surface area contributed by atoms with Gasteiger partial charge in [0.1, 0.15) is 5.02 Å². The molecule has 1 aliphatic rings. The van der Waals surface area contributed by atoms with E-state index in [4.69, 9.17) is 11.6 Å². The summed E-state index contributed by atoms with van der Waals surface area (Å²) in [4.78, 5) is 26.0. The molecule has 0 unspecified atom stereocenters. The maximum atomic E-state index is 12.3. The zero-order valence-electron chi connectivity index (χ0n) is 19.9. The molecule has 2 aromatic carbocycles. The molecule has 2 N–H and O–H groups in total. The first-order valence-corrected chi connectivity index (χ1v) is 12.1. The van der Waals surface area contributed by atoms with Crippen molar-refractivity contribution in [2.24, 2.45) is 0 Å². The van der Waals surface area contributed by atoms with Gasteiger partial charge in [-0.15, -0.1) is 0 Å². The van der Waals surface area contributed by atoms with Gasteiger partial charge >= 0.3 is 0 Å². The van der Waals surface area contributed by atoms with E-state index in [1.807, 2.05) is 37.3 Å². The average molecular weight is 479 g/mol. The van der Waals surface area contributed by atoms with Crippen LogP contribution in [0.15, 0.2) is 54.7 Å². The number of hydrogen-bond acceptors (Lipinski definition) is 7. The lowest BCUT2D eigenvalue weighted by Gasteiger charge is -2.38. The van der Waals surface area contributed by atoms with Crippen LogP contribution in [0.2, 0.25) is 5.02 Å². The average Bonchev–Trinajstić information content (AvgIpc) is 2.86. The third-order valence-electron chi connectivity index (χ3n) is 6.08. The summed E-state index contributed by atoms with van der Waals surface area (Å²) >= 11 is 6.34. The number of nitrogens with zero attached hydrogens (tertiary/aromatic N) is 4. The molecule has 178 valence electrons. The van der Waals surface area contributed by atoms with Crippen LogP contribution in [0.4, 0.5) is 28.8 Å². The van der Waals surface area contributed by atoms with Crippen LogP contribution in [-0.2, 0) is 0 Å². The predicted molar refractivity (Wildman–Crippen MR) is 140 cm³/mol. The van der Waals surface area contributed by atoms with Crippen molar-refractivity contribution in [1.82, 2.24) is 14.9 Å². The molecule has 2 heterocycles. The van der Waals surface area contributed by atoms with Gasteiger partial charge in [-0.2, -0.15) is 4.98 Å². The van der Waals surface area contributed by atoms with Crippen LogP contribution in [0, 0.1) is 0 Å². The minimum absolute atomic E-state index is 0.0531. The molecule has 0 bridgehead atoms. The van der Waals surface area contributed by atoms with Crippen molar-refractivity contribution >= 4 is 46.2 Å². The standard InChI is InChI=1S/C26H31ClN6O/c1-4-24(34)21-7-5-6-8-23(21)30-25-22(27)17-28-26(31-25)29-19-9-11-20(12-10-19)33-15-13-32(14-16-33)18(2)3/h5-12,17-18H,4,13-16H2,1-3H3,(H2,28,29,30,31). The summed E-state index contributed by atoms with van der Waals surface area (Å²) in [7, 11) is 0. The number of piperazine rings is 1. The summed E-state index contributed by atoms with van der Waals surface area (Å²) in [6.45, 7) is 10.6. The molecule has 1 saturated heterocycles. The van der Waals surface area contributed by atoms with Crippen molar-refractivity contribution < 1.29 is 4.79 Å². The van der Waals surface area contributed by atoms with Crippen LogP contribution in [0.5, 0.6) is 0 Å². The zero-order chi connectivity index (χ0) is 24.1. The number of carbonyl (C=O) groups is 1. The number of carbonyl (C=O) groups excluding carboxylic acids is 1. The van der Waals surface area contributed by atoms with E-state index in [2.05, 4.69) is 56.4 Å². The first kappa shape index (κ1) is 24.0. The maximum Gasteiger partial charge on any atom is 0.229 e. The Morgan fingerprint density at radius 2 is 1.74 bits per heavy atom. The summed E-state index contributed by atoms with van der Waals surface area (Å²) in [6.07, 6.45) is 1.97. The third-order valence-corrected chi connectivity index (χ3v) is 6.36. The second-order valence-electron chi connectivity index (χ2n) is 8.63. The molecule has 0 spiro atoms. The summed E-state index contributed by atoms with van der Waals surface area (Å²) in [5.74, 6) is 0.914. The number of aromatic nitrogens is 2. The van der Waals surface area contributed by atoms with E-state index in [1.165, 1.54) is 5.69 Å². The van der Waals surface area contributed by atoms with Crippen molar-refractivity contribution in [3.63, 3.8) is 0 Å². The van der Waals surface area contributed by atoms with Gasteiger partial charge in [-0.3, -0.25) is 9.69 Å². The predicted octanol–water partition coefficient (Wildman–Crippen LogP) is 5.74. The summed E-state index contributed by atoms with van der Waals surface area (Å²) in [5.41, 5.74) is 3.38. The molecule has 0 atom stereocenters. The number of nitrogens with one attached hydrogen (secondary N) is 2. The van der Waals surface area contributed by atoms with E-state index in [0.29, 0.717) is 40.5 Å². The van der Waals surface area contributed by atoms with Crippen LogP contribution >= 0.6 is 11.6 Å². The second-order valence-corrected chi connectivity index (χ2v) is 9.03. The Bertz CT molecular complexity index is 1130. The molecule has 0 radical (unpaired) electrons. The number of halogens is 1. The molecule has 4 rings (SSSR count). The van der Waals surface area contributed by atoms with Gasteiger partial charge < -0.3 is 15.5 Å². The smallest absolute Gasteiger partial charge is 0.229 e. The third kappa shape index (κ3) is 5.66. The lowest BCUT2D eigenvalue weighted by molar-refractivity contribution is 0.0989. The highest BCUT2D eigenvalue weighted by Gasteiger charge is 2.19. The SMILES string of the molecule is CCC(=O)c1ccccc1Nc1nc(Nc2ccc(N3CCN(C(C)C)CC3)cc2)ncc1Cl. The van der Waals surface area contributed by atoms with E-state index in [1.54, 1.807) is 12.3 Å². The second kappa shape index (κ2) is 10.8. The highest BCUT2D eigenvalue weighted by Crippen LogP contribution is 2.28. The van der Waals surface area contributed by atoms with Crippen LogP contribution in [0.1, 0.15) is 37.6 Å². The van der Waals surface area contributed by atoms with Crippen LogP contribution in [0.3, 0.4) is 0 Å². The van der Waals surface area contributed by atoms with Gasteiger partial charge in [-0.05, 0) is 50.2 Å². The monoisotopic (exact) mass is 478 g/mol. The number of benzene rings is 2. The van der Waals surface area contributed by atoms with Crippen LogP contribution in [-0.4, -0.2) is 52.9 Å². The molecule has 8 heteroatoms. The number of ketones is 1. The Labute approximate surface area is 206 Å². The summed E-state index contributed by atoms with van der Waals surface area (Å²) in [5, 5.41) is 6.81. The summed E-state index contributed by atoms with van der Waals surface area (Å²) < 4.78 is 0. The first-order valence-electron chi connectivity index (χ1n) is 11.7. The fourth-order valence-corrected chi connectivity index (χ4v) is 4.19. The van der Waals surface area contributed by atoms with Gasteiger partial charge in [0, 0.05) is 55.6 Å². The quantitative estimate of drug-likeness (QED) is 0.400. The van der Waals surface area contributed by atoms with Gasteiger partial charge in [0.25, 0.3) is 0 Å². The highest BCUT2D eigenvalue weighted by atomic mass is 35.5. The fourth-order valence-electron chi connectivity index (χ4n) is 4.05. The number of hydrogen-bond donors (Lipinski definition) is 2. The lowest BCUT2D eigenvalue weighted by atomic mass is 10.1. The van der Waals surface area contributed by atoms with Gasteiger partial charge in [-0.1, -0.05) is 30.7 Å². The molecular formula is C26H31ClN6O. The molecule has 7 nitrogen and oxygen atoms in total. The van der Waals surface area contributed by atoms with Crippen molar-refractivity contribution in [2.75, 3.05) is 41.7 Å². The van der Waals surface area contributed by atoms with E-state index >= 15 is 0 Å². The Hall–Kier alpha value is -3.16. The maximum absolute atomic E-state index is 12.3. The van der Waals surface area contributed by atoms with Crippen molar-refractivity contribution in [2.45, 2.75) is 33.2 Å². The minimum Gasteiger partial charge on any atom is -0.369 e. The molecule has 1 aromatic heterocycles. The molecule has 1 fully saturated rings. The van der Waals surface area contributed by atoms with Crippen molar-refractivity contribution in [3.05, 3.63) is 65.3 Å². The number of rotatable bonds is 8. The molecule has 0 amide bonds. The molecule has 0 saturated carbocycles. The van der Waals surface area contributed by atoms with E-state index in [9.17, 15) is 4.79 Å². The van der Waals surface area contributed by atoms with Gasteiger partial charge in [-0.25, -0.2) is 4.98 Å². The Morgan fingerprint density at radius 1 is 1.03 bits per heavy atom. The Kier molecular flexibility index (Phi) is 7.65. The zero-order valence-corrected chi connectivity index (χ0v) is 20.6. The molecule has 34 heavy (non-hydrogen) atoms. The van der Waals surface area contributed by atoms with E-state index < -0.39 is 0 Å². The lowest BCUT2D eigenvalue weighted by Crippen LogP contribution is -2.48. The first-order chi connectivity index (χ1) is 16.4. The number of Topliss-reactive ketones (excluding diaryl/α,β-unsaturated/α-hetero) is 1. The normalized spacial score (nSPS) is 14.3. The Morgan fingerprint density at radius 3 is 2.41 bits per heavy atom. The molecular weight excluding hydrogens is 448 g/mol. The summed E-state index contributed by atoms with van der Waals surface area (Å²) in [6, 6.07) is 16.2. The van der Waals surface area contributed by atoms with Gasteiger partial charge in [0.2, 0.25) is 5.95 Å². The fraction of sp³-hybridized carbons (Fsp3) is 0.346. The van der Waals surface area contributed by atoms with Crippen LogP contribution in [0.25, 0.3) is 0 Å². The van der Waals surface area contributed by atoms with Crippen LogP contribution < -0.4 is 15.5 Å². The molecule has 0 aliphatic carbocycles. The largest absolute Gasteiger partial charge is 0.369 e. The van der Waals surface area contributed by atoms with E-state index in [0.717, 1.165) is 31.9 Å². The highest BCUT2D eigenvalue weighted by molar-refractivity contribution is 6.33. The van der Waals surface area contributed by atoms with Crippen molar-refractivity contribution in [1.29, 1.82) is 0 Å². The molecule has 1 aliphatic heterocycles. The topological polar surface area (TPSA) is 73.4 Å². The van der Waals surface area contributed by atoms with Gasteiger partial charge in [0.05, 0.1) is 11.9 Å². The number of para-hydroxylation sites is 1. The minimum atomic E-state index is 0.0531. The van der Waals surface area contributed by atoms with E-state index in [-0.39, 0.29) is 5.78 Å².